The maximum atomic E-state index is 12.3. The number of hydrogen-bond acceptors (Lipinski definition) is 5. The van der Waals surface area contributed by atoms with Crippen LogP contribution in [-0.2, 0) is 9.59 Å². The number of rotatable bonds is 6. The summed E-state index contributed by atoms with van der Waals surface area (Å²) >= 11 is 0. The molecule has 0 radical (unpaired) electrons. The molecule has 1 N–H and O–H groups in total. The summed E-state index contributed by atoms with van der Waals surface area (Å²) in [5.41, 5.74) is 0.450. The van der Waals surface area contributed by atoms with E-state index >= 15 is 0 Å². The predicted molar refractivity (Wildman–Crippen MR) is 89.6 cm³/mol. The number of nitro groups is 1. The first-order valence-corrected chi connectivity index (χ1v) is 7.92. The molecule has 24 heavy (non-hydrogen) atoms. The van der Waals surface area contributed by atoms with Gasteiger partial charge >= 0.3 is 0 Å². The van der Waals surface area contributed by atoms with Crippen LogP contribution in [0.1, 0.15) is 19.8 Å². The van der Waals surface area contributed by atoms with E-state index in [4.69, 9.17) is 0 Å². The van der Waals surface area contributed by atoms with Gasteiger partial charge in [-0.1, -0.05) is 0 Å². The molecule has 1 heterocycles. The number of likely N-dealkylation sites (tertiary alicyclic amines) is 1. The van der Waals surface area contributed by atoms with E-state index in [-0.39, 0.29) is 24.0 Å². The fourth-order valence-corrected chi connectivity index (χ4v) is 2.53. The third kappa shape index (κ3) is 4.51. The number of carbonyl (C=O) groups excluding carboxylic acids is 2. The lowest BCUT2D eigenvalue weighted by Gasteiger charge is -2.25. The van der Waals surface area contributed by atoms with Crippen LogP contribution in [0.2, 0.25) is 0 Å². The molecule has 8 nitrogen and oxygen atoms in total. The highest BCUT2D eigenvalue weighted by atomic mass is 16.6. The first kappa shape index (κ1) is 17.9. The summed E-state index contributed by atoms with van der Waals surface area (Å²) in [6.07, 6.45) is 2.07. The van der Waals surface area contributed by atoms with Crippen molar-refractivity contribution in [2.24, 2.45) is 0 Å². The van der Waals surface area contributed by atoms with E-state index in [0.29, 0.717) is 5.69 Å². The van der Waals surface area contributed by atoms with Gasteiger partial charge in [-0.15, -0.1) is 0 Å². The largest absolute Gasteiger partial charge is 0.342 e. The average molecular weight is 334 g/mol. The lowest BCUT2D eigenvalue weighted by molar-refractivity contribution is -0.384. The molecule has 1 unspecified atom stereocenters. The Bertz CT molecular complexity index is 611. The zero-order valence-electron chi connectivity index (χ0n) is 13.9. The zero-order valence-corrected chi connectivity index (χ0v) is 13.9. The van der Waals surface area contributed by atoms with Crippen molar-refractivity contribution in [1.82, 2.24) is 9.80 Å². The first-order chi connectivity index (χ1) is 11.4. The molecule has 1 fully saturated rings. The molecule has 1 aromatic carbocycles. The molecule has 8 heteroatoms. The summed E-state index contributed by atoms with van der Waals surface area (Å²) in [6.45, 7) is 3.49. The van der Waals surface area contributed by atoms with Gasteiger partial charge in [0.05, 0.1) is 17.5 Å². The van der Waals surface area contributed by atoms with E-state index in [9.17, 15) is 19.7 Å². The van der Waals surface area contributed by atoms with Gasteiger partial charge in [-0.3, -0.25) is 24.6 Å². The predicted octanol–water partition coefficient (Wildman–Crippen LogP) is 1.48. The maximum absolute atomic E-state index is 12.3. The summed E-state index contributed by atoms with van der Waals surface area (Å²) in [5, 5.41) is 13.3. The minimum Gasteiger partial charge on any atom is -0.342 e. The molecular weight excluding hydrogens is 312 g/mol. The number of nitrogens with zero attached hydrogens (tertiary/aromatic N) is 3. The standard InChI is InChI=1S/C16H22N4O4/c1-12(18(2)11-15(21)19-9-3-4-10-19)16(22)17-13-5-7-14(8-6-13)20(23)24/h5-8,12H,3-4,9-11H2,1-2H3,(H,17,22). The highest BCUT2D eigenvalue weighted by Gasteiger charge is 2.24. The van der Waals surface area contributed by atoms with Crippen LogP contribution >= 0.6 is 0 Å². The molecule has 2 rings (SSSR count). The van der Waals surface area contributed by atoms with Crippen LogP contribution in [0.15, 0.2) is 24.3 Å². The van der Waals surface area contributed by atoms with Crippen molar-refractivity contribution in [3.63, 3.8) is 0 Å². The van der Waals surface area contributed by atoms with Gasteiger partial charge in [-0.2, -0.15) is 0 Å². The number of likely N-dealkylation sites (N-methyl/N-ethyl adjacent to an activating group) is 1. The van der Waals surface area contributed by atoms with Crippen LogP contribution in [0.4, 0.5) is 11.4 Å². The number of nitrogens with one attached hydrogen (secondary N) is 1. The Morgan fingerprint density at radius 1 is 1.29 bits per heavy atom. The van der Waals surface area contributed by atoms with E-state index in [0.717, 1.165) is 25.9 Å². The molecule has 0 bridgehead atoms. The number of benzene rings is 1. The minimum absolute atomic E-state index is 0.0324. The van der Waals surface area contributed by atoms with Gasteiger partial charge < -0.3 is 10.2 Å². The van der Waals surface area contributed by atoms with Crippen molar-refractivity contribution < 1.29 is 14.5 Å². The van der Waals surface area contributed by atoms with Gasteiger partial charge in [0.1, 0.15) is 0 Å². The highest BCUT2D eigenvalue weighted by Crippen LogP contribution is 2.16. The van der Waals surface area contributed by atoms with E-state index in [1.807, 2.05) is 4.90 Å². The fraction of sp³-hybridized carbons (Fsp3) is 0.500. The van der Waals surface area contributed by atoms with Gasteiger partial charge in [0.2, 0.25) is 11.8 Å². The normalized spacial score (nSPS) is 15.4. The molecule has 1 aromatic rings. The summed E-state index contributed by atoms with van der Waals surface area (Å²) < 4.78 is 0. The van der Waals surface area contributed by atoms with E-state index < -0.39 is 11.0 Å². The Hall–Kier alpha value is -2.48. The van der Waals surface area contributed by atoms with Crippen LogP contribution in [0.3, 0.4) is 0 Å². The van der Waals surface area contributed by atoms with Crippen molar-refractivity contribution in [3.05, 3.63) is 34.4 Å². The van der Waals surface area contributed by atoms with Gasteiger partial charge in [0.25, 0.3) is 5.69 Å². The number of hydrogen-bond donors (Lipinski definition) is 1. The van der Waals surface area contributed by atoms with Crippen LogP contribution in [0.25, 0.3) is 0 Å². The van der Waals surface area contributed by atoms with Crippen molar-refractivity contribution in [3.8, 4) is 0 Å². The van der Waals surface area contributed by atoms with E-state index in [2.05, 4.69) is 5.32 Å². The third-order valence-electron chi connectivity index (χ3n) is 4.23. The molecule has 1 aliphatic heterocycles. The third-order valence-corrected chi connectivity index (χ3v) is 4.23. The lowest BCUT2D eigenvalue weighted by atomic mass is 10.2. The zero-order chi connectivity index (χ0) is 17.7. The van der Waals surface area contributed by atoms with Gasteiger partial charge in [0.15, 0.2) is 0 Å². The second-order valence-electron chi connectivity index (χ2n) is 5.97. The molecule has 0 aromatic heterocycles. The van der Waals surface area contributed by atoms with Crippen molar-refractivity contribution in [2.45, 2.75) is 25.8 Å². The smallest absolute Gasteiger partial charge is 0.269 e. The molecule has 2 amide bonds. The number of anilines is 1. The molecule has 130 valence electrons. The van der Waals surface area contributed by atoms with Crippen molar-refractivity contribution in [1.29, 1.82) is 0 Å². The average Bonchev–Trinajstić information content (AvgIpc) is 3.09. The van der Waals surface area contributed by atoms with E-state index in [1.54, 1.807) is 18.9 Å². The Morgan fingerprint density at radius 2 is 1.88 bits per heavy atom. The van der Waals surface area contributed by atoms with Gasteiger partial charge in [-0.25, -0.2) is 0 Å². The Morgan fingerprint density at radius 3 is 2.42 bits per heavy atom. The van der Waals surface area contributed by atoms with Gasteiger partial charge in [0, 0.05) is 30.9 Å². The Labute approximate surface area is 140 Å². The number of non-ortho nitro benzene ring substituents is 1. The molecule has 0 saturated carbocycles. The summed E-state index contributed by atoms with van der Waals surface area (Å²) in [6, 6.07) is 5.14. The van der Waals surface area contributed by atoms with Crippen LogP contribution in [0, 0.1) is 10.1 Å². The maximum Gasteiger partial charge on any atom is 0.269 e. The lowest BCUT2D eigenvalue weighted by Crippen LogP contribution is -2.45. The summed E-state index contributed by atoms with van der Waals surface area (Å²) in [7, 11) is 1.73. The topological polar surface area (TPSA) is 95.8 Å². The number of nitro benzene ring substituents is 1. The summed E-state index contributed by atoms with van der Waals surface area (Å²) in [5.74, 6) is -0.231. The second kappa shape index (κ2) is 7.87. The van der Waals surface area contributed by atoms with Crippen molar-refractivity contribution >= 4 is 23.2 Å². The van der Waals surface area contributed by atoms with Gasteiger partial charge in [-0.05, 0) is 38.9 Å². The molecule has 1 aliphatic rings. The fourth-order valence-electron chi connectivity index (χ4n) is 2.53. The van der Waals surface area contributed by atoms with Crippen LogP contribution < -0.4 is 5.32 Å². The van der Waals surface area contributed by atoms with E-state index in [1.165, 1.54) is 24.3 Å². The Kier molecular flexibility index (Phi) is 5.86. The monoisotopic (exact) mass is 334 g/mol. The SMILES string of the molecule is CC(C(=O)Nc1ccc([N+](=O)[O-])cc1)N(C)CC(=O)N1CCCC1. The van der Waals surface area contributed by atoms with Crippen LogP contribution in [0.5, 0.6) is 0 Å². The molecule has 1 atom stereocenters. The second-order valence-corrected chi connectivity index (χ2v) is 5.97. The number of carbonyl (C=O) groups is 2. The molecular formula is C16H22N4O4. The van der Waals surface area contributed by atoms with Crippen LogP contribution in [-0.4, -0.2) is 59.3 Å². The highest BCUT2D eigenvalue weighted by molar-refractivity contribution is 5.95. The quantitative estimate of drug-likeness (QED) is 0.628. The molecule has 0 spiro atoms. The minimum atomic E-state index is -0.494. The summed E-state index contributed by atoms with van der Waals surface area (Å²) in [4.78, 5) is 38.0. The Balaban J connectivity index is 1.88. The molecule has 1 saturated heterocycles. The first-order valence-electron chi connectivity index (χ1n) is 7.92. The van der Waals surface area contributed by atoms with Crippen molar-refractivity contribution in [2.75, 3.05) is 32.0 Å². The number of amides is 2. The molecule has 0 aliphatic carbocycles.